The molecule has 0 saturated heterocycles. The lowest BCUT2D eigenvalue weighted by Crippen LogP contribution is -2.42. The molecule has 0 fully saturated rings. The topological polar surface area (TPSA) is 81.1 Å². The zero-order valence-electron chi connectivity index (χ0n) is 20.3. The number of anilines is 4. The molecule has 4 aromatic carbocycles. The van der Waals surface area contributed by atoms with Gasteiger partial charge in [-0.1, -0.05) is 61.5 Å². The van der Waals surface area contributed by atoms with Gasteiger partial charge in [-0.3, -0.25) is 19.4 Å². The Hall–Kier alpha value is -4.26. The number of hydrogen-bond donors (Lipinski definition) is 2. The average Bonchev–Trinajstić information content (AvgIpc) is 3.34. The molecule has 2 aliphatic heterocycles. The molecule has 2 atom stereocenters. The molecule has 0 radical (unpaired) electrons. The summed E-state index contributed by atoms with van der Waals surface area (Å²) >= 11 is 0. The van der Waals surface area contributed by atoms with Crippen molar-refractivity contribution in [1.29, 1.82) is 0 Å². The quantitative estimate of drug-likeness (QED) is 0.346. The highest BCUT2D eigenvalue weighted by atomic mass is 16.3. The Kier molecular flexibility index (Phi) is 5.44. The maximum Gasteiger partial charge on any atom is 0.268 e. The monoisotopic (exact) mass is 490 g/mol. The van der Waals surface area contributed by atoms with Gasteiger partial charge in [-0.05, 0) is 54.3 Å². The maximum absolute atomic E-state index is 13.9. The molecular weight excluding hydrogens is 464 g/mol. The molecule has 6 rings (SSSR count). The van der Waals surface area contributed by atoms with Gasteiger partial charge >= 0.3 is 0 Å². The predicted octanol–water partition coefficient (Wildman–Crippen LogP) is 5.57. The Balaban J connectivity index is 1.52. The van der Waals surface area contributed by atoms with Gasteiger partial charge in [-0.25, -0.2) is 0 Å². The molecule has 0 aliphatic carbocycles. The number of para-hydroxylation sites is 1. The second-order valence-corrected chi connectivity index (χ2v) is 9.49. The number of benzene rings is 4. The number of fused-ring (bicyclic) bond motifs is 1. The fourth-order valence-corrected chi connectivity index (χ4v) is 5.52. The first-order valence-corrected chi connectivity index (χ1v) is 12.4. The number of nitrogens with zero attached hydrogens (tertiary/aromatic N) is 2. The molecule has 2 aliphatic rings. The number of carbonyl (C=O) groups is 2. The van der Waals surface area contributed by atoms with Gasteiger partial charge in [0.2, 0.25) is 0 Å². The van der Waals surface area contributed by atoms with Crippen molar-refractivity contribution in [3.8, 4) is 0 Å². The zero-order chi connectivity index (χ0) is 25.7. The first-order valence-electron chi connectivity index (χ1n) is 12.4. The number of amides is 2. The largest absolute Gasteiger partial charge is 0.396 e. The van der Waals surface area contributed by atoms with Crippen molar-refractivity contribution in [3.05, 3.63) is 108 Å². The van der Waals surface area contributed by atoms with Crippen molar-refractivity contribution in [2.75, 3.05) is 16.4 Å². The second kappa shape index (κ2) is 8.69. The first kappa shape index (κ1) is 23.2. The van der Waals surface area contributed by atoms with Crippen molar-refractivity contribution in [3.63, 3.8) is 0 Å². The van der Waals surface area contributed by atoms with E-state index in [0.29, 0.717) is 34.6 Å². The molecule has 0 unspecified atom stereocenters. The first-order chi connectivity index (χ1) is 18.0. The molecule has 0 bridgehead atoms. The summed E-state index contributed by atoms with van der Waals surface area (Å²) in [5, 5.41) is 23.1. The van der Waals surface area contributed by atoms with Crippen LogP contribution in [0.5, 0.6) is 0 Å². The molecule has 6 nitrogen and oxygen atoms in total. The molecule has 2 N–H and O–H groups in total. The van der Waals surface area contributed by atoms with Gasteiger partial charge in [0.05, 0.1) is 16.9 Å². The maximum atomic E-state index is 13.9. The number of hydrogen-bond acceptors (Lipinski definition) is 4. The summed E-state index contributed by atoms with van der Waals surface area (Å²) in [5.41, 5.74) is 1.81. The predicted molar refractivity (Wildman–Crippen MR) is 144 cm³/mol. The minimum atomic E-state index is -1.85. The van der Waals surface area contributed by atoms with Gasteiger partial charge in [-0.2, -0.15) is 0 Å². The highest BCUT2D eigenvalue weighted by molar-refractivity contribution is 6.28. The third-order valence-electron chi connectivity index (χ3n) is 7.37. The fraction of sp³-hybridized carbons (Fsp3) is 0.161. The van der Waals surface area contributed by atoms with Crippen molar-refractivity contribution in [1.82, 2.24) is 0 Å². The van der Waals surface area contributed by atoms with E-state index in [1.54, 1.807) is 36.1 Å². The summed E-state index contributed by atoms with van der Waals surface area (Å²) in [6.07, 6.45) is 3.96. The summed E-state index contributed by atoms with van der Waals surface area (Å²) in [5.74, 6) is -1.18. The zero-order valence-corrected chi connectivity index (χ0v) is 20.3. The molecule has 2 heterocycles. The van der Waals surface area contributed by atoms with Crippen LogP contribution in [0.1, 0.15) is 29.3 Å². The second-order valence-electron chi connectivity index (χ2n) is 9.49. The Bertz CT molecular complexity index is 1570. The third kappa shape index (κ3) is 3.34. The SMILES string of the molecule is C[C@@H](/C=C/CCO)[C@]1(O)C(=O)N(c2ccccc2)c2ccc(N3C(=O)c4cccc5cccc3c45)cc21. The van der Waals surface area contributed by atoms with E-state index in [1.807, 2.05) is 72.8 Å². The van der Waals surface area contributed by atoms with Gasteiger partial charge < -0.3 is 10.2 Å². The molecule has 184 valence electrons. The normalized spacial score (nSPS) is 19.3. The van der Waals surface area contributed by atoms with E-state index in [2.05, 4.69) is 0 Å². The smallest absolute Gasteiger partial charge is 0.268 e. The van der Waals surface area contributed by atoms with Crippen molar-refractivity contribution < 1.29 is 19.8 Å². The van der Waals surface area contributed by atoms with Gasteiger partial charge in [0, 0.05) is 34.8 Å². The van der Waals surface area contributed by atoms with Crippen LogP contribution in [0.4, 0.5) is 22.7 Å². The summed E-state index contributed by atoms with van der Waals surface area (Å²) in [6.45, 7) is 1.77. The van der Waals surface area contributed by atoms with Crippen LogP contribution < -0.4 is 9.80 Å². The number of aliphatic hydroxyl groups is 2. The van der Waals surface area contributed by atoms with E-state index in [1.165, 1.54) is 4.90 Å². The van der Waals surface area contributed by atoms with Crippen molar-refractivity contribution in [2.24, 2.45) is 5.92 Å². The molecular formula is C31H26N2O4. The highest BCUT2D eigenvalue weighted by Gasteiger charge is 2.53. The van der Waals surface area contributed by atoms with Crippen LogP contribution in [0.2, 0.25) is 0 Å². The lowest BCUT2D eigenvalue weighted by molar-refractivity contribution is -0.138. The Morgan fingerprint density at radius 3 is 2.38 bits per heavy atom. The summed E-state index contributed by atoms with van der Waals surface area (Å²) in [4.78, 5) is 30.6. The Morgan fingerprint density at radius 2 is 1.62 bits per heavy atom. The van der Waals surface area contributed by atoms with Crippen LogP contribution in [0.25, 0.3) is 10.8 Å². The molecule has 4 aromatic rings. The average molecular weight is 491 g/mol. The Labute approximate surface area is 214 Å². The van der Waals surface area contributed by atoms with E-state index in [4.69, 9.17) is 0 Å². The lowest BCUT2D eigenvalue weighted by atomic mass is 9.82. The van der Waals surface area contributed by atoms with Gasteiger partial charge in [-0.15, -0.1) is 0 Å². The number of rotatable bonds is 6. The van der Waals surface area contributed by atoms with Crippen molar-refractivity contribution in [2.45, 2.75) is 18.9 Å². The summed E-state index contributed by atoms with van der Waals surface area (Å²) in [7, 11) is 0. The molecule has 0 aromatic heterocycles. The highest BCUT2D eigenvalue weighted by Crippen LogP contribution is 2.51. The van der Waals surface area contributed by atoms with E-state index in [-0.39, 0.29) is 12.5 Å². The van der Waals surface area contributed by atoms with Crippen LogP contribution in [0.3, 0.4) is 0 Å². The van der Waals surface area contributed by atoms with Crippen LogP contribution in [0.15, 0.2) is 97.1 Å². The summed E-state index contributed by atoms with van der Waals surface area (Å²) < 4.78 is 0. The Morgan fingerprint density at radius 1 is 0.865 bits per heavy atom. The fourth-order valence-electron chi connectivity index (χ4n) is 5.52. The lowest BCUT2D eigenvalue weighted by Gasteiger charge is -2.28. The number of aliphatic hydroxyl groups excluding tert-OH is 1. The molecule has 2 amide bonds. The van der Waals surface area contributed by atoms with Crippen LogP contribution in [0, 0.1) is 5.92 Å². The standard InChI is InChI=1S/C31H26N2O4/c1-20(9-5-6-18-34)31(37)25-19-23(16-17-26(25)33(30(31)36)22-12-3-2-4-13-22)32-27-15-8-11-21-10-7-14-24(28(21)27)29(32)35/h2-5,7-17,19-20,34,37H,6,18H2,1H3/b9-5+/t20-,31+/m0/s1. The molecule has 0 spiro atoms. The van der Waals surface area contributed by atoms with Crippen LogP contribution in [-0.4, -0.2) is 28.6 Å². The minimum absolute atomic E-state index is 0.0182. The van der Waals surface area contributed by atoms with Gasteiger partial charge in [0.25, 0.3) is 11.8 Å². The number of carbonyl (C=O) groups excluding carboxylic acids is 2. The third-order valence-corrected chi connectivity index (χ3v) is 7.37. The minimum Gasteiger partial charge on any atom is -0.396 e. The van der Waals surface area contributed by atoms with Gasteiger partial charge in [0.15, 0.2) is 5.60 Å². The van der Waals surface area contributed by atoms with Crippen LogP contribution >= 0.6 is 0 Å². The van der Waals surface area contributed by atoms with E-state index < -0.39 is 17.4 Å². The molecule has 0 saturated carbocycles. The van der Waals surface area contributed by atoms with E-state index >= 15 is 0 Å². The summed E-state index contributed by atoms with van der Waals surface area (Å²) in [6, 6.07) is 26.1. The van der Waals surface area contributed by atoms with E-state index in [9.17, 15) is 19.8 Å². The molecule has 6 heteroatoms. The van der Waals surface area contributed by atoms with Crippen molar-refractivity contribution >= 4 is 45.3 Å². The van der Waals surface area contributed by atoms with Gasteiger partial charge in [0.1, 0.15) is 0 Å². The van der Waals surface area contributed by atoms with E-state index in [0.717, 1.165) is 16.5 Å². The molecule has 37 heavy (non-hydrogen) atoms. The van der Waals surface area contributed by atoms with Crippen LogP contribution in [-0.2, 0) is 10.4 Å².